The van der Waals surface area contributed by atoms with Crippen molar-refractivity contribution < 1.29 is 14.6 Å². The number of hydrogen-bond acceptors (Lipinski definition) is 4. The fourth-order valence-corrected chi connectivity index (χ4v) is 4.94. The average Bonchev–Trinajstić information content (AvgIpc) is 3.02. The van der Waals surface area contributed by atoms with Crippen LogP contribution < -0.4 is 0 Å². The highest BCUT2D eigenvalue weighted by Crippen LogP contribution is 2.42. The van der Waals surface area contributed by atoms with Crippen molar-refractivity contribution in [3.63, 3.8) is 0 Å². The topological polar surface area (TPSA) is 38.7 Å². The Kier molecular flexibility index (Phi) is 4.18. The number of ether oxygens (including phenoxy) is 2. The predicted octanol–water partition coefficient (Wildman–Crippen LogP) is 2.08. The van der Waals surface area contributed by atoms with E-state index in [1.165, 1.54) is 12.2 Å². The zero-order chi connectivity index (χ0) is 12.4. The lowest BCUT2D eigenvalue weighted by atomic mass is 9.80. The molecule has 3 nitrogen and oxygen atoms in total. The van der Waals surface area contributed by atoms with Crippen molar-refractivity contribution >= 4 is 11.8 Å². The molecule has 104 valence electrons. The summed E-state index contributed by atoms with van der Waals surface area (Å²) in [4.78, 5) is 0. The number of aliphatic hydroxyl groups excluding tert-OH is 1. The molecule has 0 bridgehead atoms. The first kappa shape index (κ1) is 13.2. The Morgan fingerprint density at radius 2 is 2.28 bits per heavy atom. The van der Waals surface area contributed by atoms with Crippen LogP contribution in [0.1, 0.15) is 32.1 Å². The summed E-state index contributed by atoms with van der Waals surface area (Å²) in [5.74, 6) is 3.37. The minimum Gasteiger partial charge on any atom is -0.393 e. The van der Waals surface area contributed by atoms with Crippen molar-refractivity contribution in [1.82, 2.24) is 0 Å². The Balaban J connectivity index is 1.54. The molecule has 3 rings (SSSR count). The van der Waals surface area contributed by atoms with Gasteiger partial charge in [0.15, 0.2) is 0 Å². The van der Waals surface area contributed by atoms with E-state index in [2.05, 4.69) is 0 Å². The Labute approximate surface area is 114 Å². The van der Waals surface area contributed by atoms with Crippen molar-refractivity contribution in [1.29, 1.82) is 0 Å². The lowest BCUT2D eigenvalue weighted by molar-refractivity contribution is -0.103. The molecule has 0 aromatic heterocycles. The third kappa shape index (κ3) is 2.87. The molecule has 0 saturated carbocycles. The number of hydrogen-bond donors (Lipinski definition) is 1. The van der Waals surface area contributed by atoms with Crippen LogP contribution in [0.2, 0.25) is 0 Å². The first-order valence-electron chi connectivity index (χ1n) is 7.25. The molecule has 1 spiro atoms. The van der Waals surface area contributed by atoms with Gasteiger partial charge in [-0.05, 0) is 49.7 Å². The van der Waals surface area contributed by atoms with Gasteiger partial charge in [-0.2, -0.15) is 11.8 Å². The summed E-state index contributed by atoms with van der Waals surface area (Å²) in [5, 5.41) is 10.5. The monoisotopic (exact) mass is 272 g/mol. The maximum Gasteiger partial charge on any atom is 0.0783 e. The SMILES string of the molecule is OC(CC1CCOC1)C1CCOC2(CCSC2)C1. The fourth-order valence-electron chi connectivity index (χ4n) is 3.56. The first-order chi connectivity index (χ1) is 8.77. The minimum atomic E-state index is -0.150. The second-order valence-electron chi connectivity index (χ2n) is 6.12. The summed E-state index contributed by atoms with van der Waals surface area (Å²) in [7, 11) is 0. The van der Waals surface area contributed by atoms with Gasteiger partial charge in [-0.3, -0.25) is 0 Å². The molecule has 3 heterocycles. The maximum atomic E-state index is 10.5. The van der Waals surface area contributed by atoms with E-state index in [0.717, 1.165) is 51.3 Å². The third-order valence-electron chi connectivity index (χ3n) is 4.74. The van der Waals surface area contributed by atoms with E-state index in [9.17, 15) is 5.11 Å². The Bertz CT molecular complexity index is 272. The van der Waals surface area contributed by atoms with Gasteiger partial charge in [0.25, 0.3) is 0 Å². The predicted molar refractivity (Wildman–Crippen MR) is 72.9 cm³/mol. The molecule has 1 N–H and O–H groups in total. The van der Waals surface area contributed by atoms with Crippen LogP contribution in [0.3, 0.4) is 0 Å². The molecule has 0 aliphatic carbocycles. The van der Waals surface area contributed by atoms with E-state index >= 15 is 0 Å². The van der Waals surface area contributed by atoms with E-state index in [1.54, 1.807) is 0 Å². The highest BCUT2D eigenvalue weighted by Gasteiger charge is 2.42. The third-order valence-corrected chi connectivity index (χ3v) is 5.96. The minimum absolute atomic E-state index is 0.0980. The van der Waals surface area contributed by atoms with Crippen LogP contribution in [-0.4, -0.2) is 48.1 Å². The molecule has 18 heavy (non-hydrogen) atoms. The Morgan fingerprint density at radius 3 is 3.00 bits per heavy atom. The molecule has 3 aliphatic rings. The van der Waals surface area contributed by atoms with E-state index in [1.807, 2.05) is 11.8 Å². The van der Waals surface area contributed by atoms with Crippen LogP contribution in [0.15, 0.2) is 0 Å². The summed E-state index contributed by atoms with van der Waals surface area (Å²) in [6.07, 6.45) is 5.17. The Hall–Kier alpha value is 0.230. The largest absolute Gasteiger partial charge is 0.393 e. The van der Waals surface area contributed by atoms with Gasteiger partial charge < -0.3 is 14.6 Å². The molecule has 3 fully saturated rings. The number of rotatable bonds is 3. The van der Waals surface area contributed by atoms with Crippen LogP contribution in [0.4, 0.5) is 0 Å². The zero-order valence-electron chi connectivity index (χ0n) is 11.0. The van der Waals surface area contributed by atoms with Crippen LogP contribution in [0.25, 0.3) is 0 Å². The zero-order valence-corrected chi connectivity index (χ0v) is 11.8. The van der Waals surface area contributed by atoms with E-state index in [-0.39, 0.29) is 11.7 Å². The first-order valence-corrected chi connectivity index (χ1v) is 8.40. The second kappa shape index (κ2) is 5.70. The molecule has 3 saturated heterocycles. The number of aliphatic hydroxyl groups is 1. The lowest BCUT2D eigenvalue weighted by Crippen LogP contribution is -2.43. The van der Waals surface area contributed by atoms with Gasteiger partial charge >= 0.3 is 0 Å². The molecule has 0 aromatic carbocycles. The van der Waals surface area contributed by atoms with Crippen molar-refractivity contribution in [2.45, 2.75) is 43.8 Å². The second-order valence-corrected chi connectivity index (χ2v) is 7.22. The molecule has 0 amide bonds. The smallest absolute Gasteiger partial charge is 0.0783 e. The van der Waals surface area contributed by atoms with Gasteiger partial charge in [-0.15, -0.1) is 0 Å². The lowest BCUT2D eigenvalue weighted by Gasteiger charge is -2.40. The highest BCUT2D eigenvalue weighted by molar-refractivity contribution is 7.99. The van der Waals surface area contributed by atoms with Gasteiger partial charge in [0.2, 0.25) is 0 Å². The van der Waals surface area contributed by atoms with E-state index in [4.69, 9.17) is 9.47 Å². The van der Waals surface area contributed by atoms with Crippen molar-refractivity contribution in [2.24, 2.45) is 11.8 Å². The highest BCUT2D eigenvalue weighted by atomic mass is 32.2. The quantitative estimate of drug-likeness (QED) is 0.854. The number of thioether (sulfide) groups is 1. The fraction of sp³-hybridized carbons (Fsp3) is 1.00. The maximum absolute atomic E-state index is 10.5. The van der Waals surface area contributed by atoms with E-state index < -0.39 is 0 Å². The molecule has 0 radical (unpaired) electrons. The van der Waals surface area contributed by atoms with Crippen molar-refractivity contribution in [3.8, 4) is 0 Å². The van der Waals surface area contributed by atoms with Gasteiger partial charge in [-0.25, -0.2) is 0 Å². The van der Waals surface area contributed by atoms with Crippen LogP contribution in [0.5, 0.6) is 0 Å². The van der Waals surface area contributed by atoms with Gasteiger partial charge in [0.1, 0.15) is 0 Å². The molecular weight excluding hydrogens is 248 g/mol. The van der Waals surface area contributed by atoms with Crippen LogP contribution >= 0.6 is 11.8 Å². The van der Waals surface area contributed by atoms with Gasteiger partial charge in [0.05, 0.1) is 11.7 Å². The molecule has 4 unspecified atom stereocenters. The molecule has 4 atom stereocenters. The van der Waals surface area contributed by atoms with Gasteiger partial charge in [0, 0.05) is 25.6 Å². The summed E-state index contributed by atoms with van der Waals surface area (Å²) in [5.41, 5.74) is 0.0980. The van der Waals surface area contributed by atoms with E-state index in [0.29, 0.717) is 11.8 Å². The van der Waals surface area contributed by atoms with Gasteiger partial charge in [-0.1, -0.05) is 0 Å². The summed E-state index contributed by atoms with van der Waals surface area (Å²) < 4.78 is 11.4. The molecule has 4 heteroatoms. The summed E-state index contributed by atoms with van der Waals surface area (Å²) >= 11 is 2.00. The summed E-state index contributed by atoms with van der Waals surface area (Å²) in [6, 6.07) is 0. The van der Waals surface area contributed by atoms with Crippen molar-refractivity contribution in [3.05, 3.63) is 0 Å². The average molecular weight is 272 g/mol. The van der Waals surface area contributed by atoms with Crippen LogP contribution in [0, 0.1) is 11.8 Å². The molecule has 0 aromatic rings. The normalized spacial score (nSPS) is 42.5. The van der Waals surface area contributed by atoms with Crippen molar-refractivity contribution in [2.75, 3.05) is 31.3 Å². The molecular formula is C14H24O3S. The Morgan fingerprint density at radius 1 is 1.33 bits per heavy atom. The summed E-state index contributed by atoms with van der Waals surface area (Å²) in [6.45, 7) is 2.57. The molecule has 3 aliphatic heterocycles. The van der Waals surface area contributed by atoms with Crippen LogP contribution in [-0.2, 0) is 9.47 Å². The standard InChI is InChI=1S/C14H24O3S/c15-13(7-11-1-4-16-9-11)12-2-5-17-14(8-12)3-6-18-10-14/h11-13,15H,1-10H2.